The van der Waals surface area contributed by atoms with Crippen molar-refractivity contribution in [3.63, 3.8) is 0 Å². The van der Waals surface area contributed by atoms with Gasteiger partial charge in [0.2, 0.25) is 5.91 Å². The second kappa shape index (κ2) is 7.97. The largest absolute Gasteiger partial charge is 0.308 e. The number of halogens is 2. The number of anilines is 1. The van der Waals surface area contributed by atoms with Crippen molar-refractivity contribution < 1.29 is 4.79 Å². The van der Waals surface area contributed by atoms with Gasteiger partial charge >= 0.3 is 0 Å². The van der Waals surface area contributed by atoms with Crippen LogP contribution in [-0.4, -0.2) is 25.5 Å². The Labute approximate surface area is 162 Å². The summed E-state index contributed by atoms with van der Waals surface area (Å²) in [4.78, 5) is 12.1. The van der Waals surface area contributed by atoms with Crippen molar-refractivity contribution in [2.24, 2.45) is 0 Å². The minimum atomic E-state index is -0.104. The molecule has 0 saturated carbocycles. The van der Waals surface area contributed by atoms with Gasteiger partial charge in [-0.1, -0.05) is 29.8 Å². The molecule has 2 heterocycles. The summed E-state index contributed by atoms with van der Waals surface area (Å²) in [6.45, 7) is 3.22. The van der Waals surface area contributed by atoms with Crippen molar-refractivity contribution in [2.75, 3.05) is 5.32 Å². The van der Waals surface area contributed by atoms with Crippen LogP contribution < -0.4 is 5.32 Å². The molecule has 0 atom stereocenters. The normalized spacial score (nSPS) is 10.8. The van der Waals surface area contributed by atoms with Gasteiger partial charge in [-0.2, -0.15) is 10.2 Å². The highest BCUT2D eigenvalue weighted by Crippen LogP contribution is 2.21. The van der Waals surface area contributed by atoms with E-state index < -0.39 is 0 Å². The Balaban J connectivity index is 1.58. The summed E-state index contributed by atoms with van der Waals surface area (Å²) in [5, 5.41) is 11.4. The second-order valence-electron chi connectivity index (χ2n) is 5.73. The summed E-state index contributed by atoms with van der Waals surface area (Å²) in [6.07, 6.45) is 5.71. The number of nitrogens with zero attached hydrogens (tertiary/aromatic N) is 4. The molecule has 0 radical (unpaired) electrons. The van der Waals surface area contributed by atoms with Crippen LogP contribution in [0.15, 0.2) is 51.8 Å². The van der Waals surface area contributed by atoms with Gasteiger partial charge in [-0.25, -0.2) is 0 Å². The van der Waals surface area contributed by atoms with Crippen molar-refractivity contribution in [1.29, 1.82) is 0 Å². The number of aromatic nitrogens is 4. The lowest BCUT2D eigenvalue weighted by Gasteiger charge is -2.04. The lowest BCUT2D eigenvalue weighted by Crippen LogP contribution is -2.15. The first kappa shape index (κ1) is 17.9. The fourth-order valence-corrected chi connectivity index (χ4v) is 3.06. The highest BCUT2D eigenvalue weighted by Gasteiger charge is 2.11. The third-order valence-corrected chi connectivity index (χ3v) is 4.60. The Morgan fingerprint density at radius 1 is 1.16 bits per heavy atom. The van der Waals surface area contributed by atoms with Gasteiger partial charge in [0.25, 0.3) is 0 Å². The van der Waals surface area contributed by atoms with E-state index in [0.717, 1.165) is 14.5 Å². The van der Waals surface area contributed by atoms with Gasteiger partial charge in [-0.05, 0) is 44.3 Å². The fraction of sp³-hybridized carbons (Fsp3) is 0.235. The number of carbonyl (C=O) groups is 1. The van der Waals surface area contributed by atoms with Crippen LogP contribution in [0.1, 0.15) is 17.5 Å². The topological polar surface area (TPSA) is 64.7 Å². The van der Waals surface area contributed by atoms with E-state index in [9.17, 15) is 4.79 Å². The molecule has 1 aromatic carbocycles. The molecule has 1 amide bonds. The van der Waals surface area contributed by atoms with Gasteiger partial charge in [0.05, 0.1) is 21.7 Å². The third kappa shape index (κ3) is 5.02. The molecular weight excluding hydrogens is 450 g/mol. The van der Waals surface area contributed by atoms with Crippen LogP contribution in [0.3, 0.4) is 0 Å². The molecule has 0 aliphatic heterocycles. The average Bonchev–Trinajstić information content (AvgIpc) is 3.14. The molecule has 1 N–H and O–H groups in total. The van der Waals surface area contributed by atoms with E-state index in [1.807, 2.05) is 12.4 Å². The molecule has 0 fully saturated rings. The first-order valence-corrected chi connectivity index (χ1v) is 9.34. The van der Waals surface area contributed by atoms with Gasteiger partial charge in [-0.3, -0.25) is 14.2 Å². The standard InChI is InChI=1S/C17H17Br2N5O/c1-12-2-4-13(5-3-12)9-24-11-15(19)17(22-24)21-16(25)6-7-23-10-14(18)8-20-23/h2-5,8,10-11H,6-7,9H2,1H3,(H,21,22,25). The molecule has 0 saturated heterocycles. The Bertz CT molecular complexity index is 870. The lowest BCUT2D eigenvalue weighted by molar-refractivity contribution is -0.116. The lowest BCUT2D eigenvalue weighted by atomic mass is 10.1. The molecule has 2 aromatic heterocycles. The van der Waals surface area contributed by atoms with E-state index >= 15 is 0 Å². The number of aryl methyl sites for hydroxylation is 2. The summed E-state index contributed by atoms with van der Waals surface area (Å²) in [5.74, 6) is 0.423. The first-order valence-electron chi connectivity index (χ1n) is 7.76. The highest BCUT2D eigenvalue weighted by molar-refractivity contribution is 9.10. The van der Waals surface area contributed by atoms with Crippen LogP contribution in [0.2, 0.25) is 0 Å². The van der Waals surface area contributed by atoms with Crippen molar-refractivity contribution in [3.05, 3.63) is 62.9 Å². The van der Waals surface area contributed by atoms with Crippen molar-refractivity contribution in [3.8, 4) is 0 Å². The zero-order valence-electron chi connectivity index (χ0n) is 13.6. The van der Waals surface area contributed by atoms with Crippen molar-refractivity contribution >= 4 is 43.6 Å². The van der Waals surface area contributed by atoms with Gasteiger partial charge in [0.1, 0.15) is 0 Å². The van der Waals surface area contributed by atoms with Gasteiger partial charge in [-0.15, -0.1) is 0 Å². The Morgan fingerprint density at radius 3 is 2.60 bits per heavy atom. The zero-order valence-corrected chi connectivity index (χ0v) is 16.8. The van der Waals surface area contributed by atoms with E-state index in [1.165, 1.54) is 5.56 Å². The maximum Gasteiger partial charge on any atom is 0.227 e. The molecule has 0 spiro atoms. The van der Waals surface area contributed by atoms with Crippen molar-refractivity contribution in [2.45, 2.75) is 26.4 Å². The van der Waals surface area contributed by atoms with Gasteiger partial charge in [0, 0.05) is 25.4 Å². The molecule has 25 heavy (non-hydrogen) atoms. The van der Waals surface area contributed by atoms with E-state index in [4.69, 9.17) is 0 Å². The maximum absolute atomic E-state index is 12.1. The van der Waals surface area contributed by atoms with Gasteiger partial charge in [0.15, 0.2) is 5.82 Å². The zero-order chi connectivity index (χ0) is 17.8. The Kier molecular flexibility index (Phi) is 5.70. The van der Waals surface area contributed by atoms with Crippen LogP contribution >= 0.6 is 31.9 Å². The highest BCUT2D eigenvalue weighted by atomic mass is 79.9. The van der Waals surface area contributed by atoms with E-state index in [1.54, 1.807) is 15.6 Å². The molecule has 3 aromatic rings. The summed E-state index contributed by atoms with van der Waals surface area (Å²) in [6, 6.07) is 8.30. The van der Waals surface area contributed by atoms with Crippen molar-refractivity contribution in [1.82, 2.24) is 19.6 Å². The Morgan fingerprint density at radius 2 is 1.92 bits per heavy atom. The molecule has 6 nitrogen and oxygen atoms in total. The predicted molar refractivity (Wildman–Crippen MR) is 103 cm³/mol. The van der Waals surface area contributed by atoms with E-state index in [-0.39, 0.29) is 5.91 Å². The Hall–Kier alpha value is -1.93. The summed E-state index contributed by atoms with van der Waals surface area (Å²) < 4.78 is 5.17. The van der Waals surface area contributed by atoms with Crippen LogP contribution in [0.5, 0.6) is 0 Å². The van der Waals surface area contributed by atoms with E-state index in [0.29, 0.717) is 25.3 Å². The minimum Gasteiger partial charge on any atom is -0.308 e. The molecule has 3 rings (SSSR count). The molecule has 0 aliphatic rings. The monoisotopic (exact) mass is 465 g/mol. The molecule has 130 valence electrons. The molecule has 0 bridgehead atoms. The number of hydrogen-bond donors (Lipinski definition) is 1. The summed E-state index contributed by atoms with van der Waals surface area (Å²) >= 11 is 6.78. The number of carbonyl (C=O) groups excluding carboxylic acids is 1. The number of benzene rings is 1. The quantitative estimate of drug-likeness (QED) is 0.597. The smallest absolute Gasteiger partial charge is 0.227 e. The average molecular weight is 467 g/mol. The SMILES string of the molecule is Cc1ccc(Cn2cc(Br)c(NC(=O)CCn3cc(Br)cn3)n2)cc1. The van der Waals surface area contributed by atoms with Crippen LogP contribution in [0, 0.1) is 6.92 Å². The molecular formula is C17H17Br2N5O. The predicted octanol–water partition coefficient (Wildman–Crippen LogP) is 3.99. The number of rotatable bonds is 6. The third-order valence-electron chi connectivity index (χ3n) is 3.61. The van der Waals surface area contributed by atoms with E-state index in [2.05, 4.69) is 78.6 Å². The molecule has 8 heteroatoms. The minimum absolute atomic E-state index is 0.104. The summed E-state index contributed by atoms with van der Waals surface area (Å²) in [5.41, 5.74) is 2.38. The number of amides is 1. The summed E-state index contributed by atoms with van der Waals surface area (Å²) in [7, 11) is 0. The number of hydrogen-bond acceptors (Lipinski definition) is 3. The first-order chi connectivity index (χ1) is 12.0. The number of nitrogens with one attached hydrogen (secondary N) is 1. The second-order valence-corrected chi connectivity index (χ2v) is 7.50. The molecule has 0 unspecified atom stereocenters. The fourth-order valence-electron chi connectivity index (χ4n) is 2.31. The van der Waals surface area contributed by atoms with Crippen LogP contribution in [0.4, 0.5) is 5.82 Å². The van der Waals surface area contributed by atoms with Crippen LogP contribution in [0.25, 0.3) is 0 Å². The maximum atomic E-state index is 12.1. The van der Waals surface area contributed by atoms with Crippen LogP contribution in [-0.2, 0) is 17.9 Å². The van der Waals surface area contributed by atoms with Gasteiger partial charge < -0.3 is 5.32 Å². The molecule has 0 aliphatic carbocycles.